The first-order chi connectivity index (χ1) is 6.91. The number of aliphatic hydroxyl groups excluding tert-OH is 2. The molecule has 0 aliphatic carbocycles. The molecule has 0 aromatic rings. The largest absolute Gasteiger partial charge is 0.394 e. The lowest BCUT2D eigenvalue weighted by Crippen LogP contribution is -2.47. The molecule has 0 saturated carbocycles. The van der Waals surface area contributed by atoms with E-state index < -0.39 is 23.8 Å². The van der Waals surface area contributed by atoms with Crippen LogP contribution in [-0.4, -0.2) is 53.6 Å². The van der Waals surface area contributed by atoms with Crippen molar-refractivity contribution in [3.63, 3.8) is 0 Å². The quantitative estimate of drug-likeness (QED) is 0.387. The van der Waals surface area contributed by atoms with Gasteiger partial charge in [-0.2, -0.15) is 0 Å². The maximum Gasteiger partial charge on any atom is 0.143 e. The third kappa shape index (κ3) is 2.33. The lowest BCUT2D eigenvalue weighted by molar-refractivity contribution is -0.0285. The highest BCUT2D eigenvalue weighted by Gasteiger charge is 2.51. The average molecular weight is 212 g/mol. The van der Waals surface area contributed by atoms with Crippen molar-refractivity contribution < 1.29 is 20.1 Å². The van der Waals surface area contributed by atoms with E-state index in [2.05, 4.69) is 5.73 Å². The van der Waals surface area contributed by atoms with E-state index in [1.807, 2.05) is 13.8 Å². The van der Waals surface area contributed by atoms with Gasteiger partial charge in [0, 0.05) is 0 Å². The fourth-order valence-electron chi connectivity index (χ4n) is 1.59. The second kappa shape index (κ2) is 4.52. The number of rotatable bonds is 2. The lowest BCUT2D eigenvalue weighted by atomic mass is 9.80. The Labute approximate surface area is 90.3 Å². The van der Waals surface area contributed by atoms with Crippen LogP contribution in [0.2, 0.25) is 0 Å². The average Bonchev–Trinajstić information content (AvgIpc) is 2.40. The number of aliphatic hydroxyl groups is 3. The third-order valence-electron chi connectivity index (χ3n) is 2.63. The van der Waals surface area contributed by atoms with Gasteiger partial charge >= 0.3 is 0 Å². The Morgan fingerprint density at radius 2 is 2.20 bits per heavy atom. The molecule has 1 heterocycles. The van der Waals surface area contributed by atoms with Crippen molar-refractivity contribution in [2.24, 2.45) is 0 Å². The minimum atomic E-state index is -1.47. The molecule has 1 fully saturated rings. The van der Waals surface area contributed by atoms with Crippen LogP contribution in [0.25, 0.3) is 0 Å². The fraction of sp³-hybridized carbons (Fsp3) is 0.700. The Hall–Kier alpha value is -0.575. The summed E-state index contributed by atoms with van der Waals surface area (Å²) in [7, 11) is 1.65. The molecule has 1 aliphatic heterocycles. The predicted octanol–water partition coefficient (Wildman–Crippen LogP) is -1.45. The molecule has 4 atom stereocenters. The van der Waals surface area contributed by atoms with E-state index in [1.54, 1.807) is 7.85 Å². The molecule has 0 radical (unpaired) electrons. The van der Waals surface area contributed by atoms with Crippen LogP contribution in [0.5, 0.6) is 0 Å². The van der Waals surface area contributed by atoms with Crippen LogP contribution in [0.1, 0.15) is 13.8 Å². The van der Waals surface area contributed by atoms with Crippen molar-refractivity contribution in [3.8, 4) is 0 Å². The minimum absolute atomic E-state index is 0.309. The zero-order valence-electron chi connectivity index (χ0n) is 9.27. The zero-order valence-corrected chi connectivity index (χ0v) is 9.27. The molecule has 0 bridgehead atoms. The maximum absolute atomic E-state index is 10.2. The van der Waals surface area contributed by atoms with Gasteiger partial charge in [-0.25, -0.2) is 0 Å². The third-order valence-corrected chi connectivity index (χ3v) is 2.63. The molecule has 0 amide bonds. The van der Waals surface area contributed by atoms with Crippen molar-refractivity contribution in [1.29, 1.82) is 0 Å². The Morgan fingerprint density at radius 3 is 2.60 bits per heavy atom. The molecule has 0 spiro atoms. The van der Waals surface area contributed by atoms with E-state index >= 15 is 0 Å². The van der Waals surface area contributed by atoms with Crippen molar-refractivity contribution >= 4 is 7.85 Å². The topological polar surface area (TPSA) is 69.9 Å². The van der Waals surface area contributed by atoms with Crippen molar-refractivity contribution in [3.05, 3.63) is 17.4 Å². The molecule has 1 rings (SSSR count). The minimum Gasteiger partial charge on any atom is -0.394 e. The van der Waals surface area contributed by atoms with Gasteiger partial charge in [0.2, 0.25) is 0 Å². The van der Waals surface area contributed by atoms with E-state index in [4.69, 9.17) is 9.84 Å². The summed E-state index contributed by atoms with van der Waals surface area (Å²) in [4.78, 5) is 0. The highest BCUT2D eigenvalue weighted by Crippen LogP contribution is 2.30. The molecule has 0 aromatic heterocycles. The summed E-state index contributed by atoms with van der Waals surface area (Å²) in [6.07, 6.45) is -0.447. The standard InChI is InChI=1S/C10H17BO4/c1-6(2)3-4-10(14)8(13)7(5-12)15-9(10)11/h4,7-9,12-14H,5,11H2,1-2H3/t7-,8+,9-,10?/m1/s1. The van der Waals surface area contributed by atoms with Crippen LogP contribution in [0, 0.1) is 0 Å². The van der Waals surface area contributed by atoms with E-state index in [-0.39, 0.29) is 6.61 Å². The molecule has 0 aromatic carbocycles. The predicted molar refractivity (Wildman–Crippen MR) is 58.2 cm³/mol. The van der Waals surface area contributed by atoms with Gasteiger partial charge < -0.3 is 20.1 Å². The number of hydrogen-bond acceptors (Lipinski definition) is 4. The van der Waals surface area contributed by atoms with E-state index in [0.29, 0.717) is 0 Å². The Kier molecular flexibility index (Phi) is 3.76. The summed E-state index contributed by atoms with van der Waals surface area (Å²) in [5, 5.41) is 28.9. The van der Waals surface area contributed by atoms with Crippen molar-refractivity contribution in [1.82, 2.24) is 0 Å². The first kappa shape index (κ1) is 12.5. The second-order valence-corrected chi connectivity index (χ2v) is 4.12. The number of hydrogen-bond donors (Lipinski definition) is 3. The highest BCUT2D eigenvalue weighted by atomic mass is 16.6. The summed E-state index contributed by atoms with van der Waals surface area (Å²) in [6, 6.07) is -0.559. The molecule has 84 valence electrons. The van der Waals surface area contributed by atoms with Crippen LogP contribution >= 0.6 is 0 Å². The van der Waals surface area contributed by atoms with Crippen LogP contribution < -0.4 is 0 Å². The summed E-state index contributed by atoms with van der Waals surface area (Å²) >= 11 is 0. The molecule has 1 aliphatic rings. The molecule has 15 heavy (non-hydrogen) atoms. The lowest BCUT2D eigenvalue weighted by Gasteiger charge is -2.24. The van der Waals surface area contributed by atoms with Gasteiger partial charge in [0.05, 0.1) is 12.6 Å². The van der Waals surface area contributed by atoms with E-state index in [9.17, 15) is 10.2 Å². The number of ether oxygens (including phenoxy) is 1. The maximum atomic E-state index is 10.2. The summed E-state index contributed by atoms with van der Waals surface area (Å²) < 4.78 is 5.24. The Balaban J connectivity index is 2.97. The Bertz CT molecular complexity index is 294. The van der Waals surface area contributed by atoms with Crippen molar-refractivity contribution in [2.75, 3.05) is 6.61 Å². The molecule has 4 nitrogen and oxygen atoms in total. The van der Waals surface area contributed by atoms with E-state index in [1.165, 1.54) is 6.08 Å². The summed E-state index contributed by atoms with van der Waals surface area (Å²) in [5.74, 6) is 0. The van der Waals surface area contributed by atoms with Gasteiger partial charge in [-0.3, -0.25) is 0 Å². The van der Waals surface area contributed by atoms with Gasteiger partial charge in [0.15, 0.2) is 0 Å². The smallest absolute Gasteiger partial charge is 0.143 e. The van der Waals surface area contributed by atoms with Gasteiger partial charge in [-0.1, -0.05) is 0 Å². The summed E-state index contributed by atoms with van der Waals surface area (Å²) in [6.45, 7) is 3.38. The monoisotopic (exact) mass is 212 g/mol. The fourth-order valence-corrected chi connectivity index (χ4v) is 1.59. The molecule has 5 heteroatoms. The van der Waals surface area contributed by atoms with Crippen molar-refractivity contribution in [2.45, 2.75) is 37.7 Å². The Morgan fingerprint density at radius 1 is 1.60 bits per heavy atom. The highest BCUT2D eigenvalue weighted by molar-refractivity contribution is 6.12. The van der Waals surface area contributed by atoms with Crippen LogP contribution in [-0.2, 0) is 4.74 Å². The van der Waals surface area contributed by atoms with Crippen LogP contribution in [0.3, 0.4) is 0 Å². The second-order valence-electron chi connectivity index (χ2n) is 4.12. The first-order valence-corrected chi connectivity index (χ1v) is 4.99. The van der Waals surface area contributed by atoms with Gasteiger partial charge in [-0.15, -0.1) is 5.73 Å². The first-order valence-electron chi connectivity index (χ1n) is 4.99. The SMILES string of the molecule is B[C@@H]1O[C@H](CO)[C@H](O)C1(O)C=C=C(C)C. The molecular weight excluding hydrogens is 195 g/mol. The van der Waals surface area contributed by atoms with Crippen LogP contribution in [0.4, 0.5) is 0 Å². The molecule has 1 saturated heterocycles. The molecule has 3 N–H and O–H groups in total. The molecule has 1 unspecified atom stereocenters. The normalized spacial score (nSPS) is 39.9. The summed E-state index contributed by atoms with van der Waals surface area (Å²) in [5.41, 5.74) is 2.28. The van der Waals surface area contributed by atoms with Gasteiger partial charge in [-0.05, 0) is 25.5 Å². The zero-order chi connectivity index (χ0) is 11.6. The van der Waals surface area contributed by atoms with Crippen LogP contribution in [0.15, 0.2) is 17.4 Å². The van der Waals surface area contributed by atoms with Gasteiger partial charge in [0.25, 0.3) is 0 Å². The van der Waals surface area contributed by atoms with Gasteiger partial charge in [0.1, 0.15) is 25.7 Å². The molecular formula is C10H17BO4. The van der Waals surface area contributed by atoms with E-state index in [0.717, 1.165) is 5.57 Å².